The number of alkyl halides is 2. The van der Waals surface area contributed by atoms with Gasteiger partial charge in [0.05, 0.1) is 31.0 Å². The minimum Gasteiger partial charge on any atom is -0.413 e. The van der Waals surface area contributed by atoms with Gasteiger partial charge in [-0.3, -0.25) is 0 Å². The fourth-order valence-electron chi connectivity index (χ4n) is 5.34. The largest absolute Gasteiger partial charge is 0.413 e. The van der Waals surface area contributed by atoms with E-state index < -0.39 is 6.61 Å². The molecule has 2 aliphatic heterocycles. The number of ether oxygens (including phenoxy) is 3. The van der Waals surface area contributed by atoms with Gasteiger partial charge < -0.3 is 19.5 Å². The van der Waals surface area contributed by atoms with Crippen molar-refractivity contribution in [3.8, 4) is 11.7 Å². The second-order valence-electron chi connectivity index (χ2n) is 10.5. The van der Waals surface area contributed by atoms with E-state index in [4.69, 9.17) is 19.2 Å². The van der Waals surface area contributed by atoms with E-state index in [9.17, 15) is 8.78 Å². The Morgan fingerprint density at radius 2 is 1.43 bits per heavy atom. The Bertz CT molecular complexity index is 1670. The molecule has 2 saturated heterocycles. The van der Waals surface area contributed by atoms with Crippen LogP contribution in [0.1, 0.15) is 25.7 Å². The summed E-state index contributed by atoms with van der Waals surface area (Å²) in [7, 11) is 0. The molecule has 0 bridgehead atoms. The first-order chi connectivity index (χ1) is 20.6. The molecule has 0 unspecified atom stereocenters. The molecule has 0 amide bonds. The summed E-state index contributed by atoms with van der Waals surface area (Å²) in [6, 6.07) is 0. The zero-order valence-corrected chi connectivity index (χ0v) is 22.6. The molecule has 0 saturated carbocycles. The van der Waals surface area contributed by atoms with Gasteiger partial charge in [-0.2, -0.15) is 19.0 Å². The van der Waals surface area contributed by atoms with Gasteiger partial charge in [0.2, 0.25) is 0 Å². The number of rotatable bonds is 9. The molecule has 0 atom stereocenters. The van der Waals surface area contributed by atoms with E-state index in [0.29, 0.717) is 58.9 Å². The summed E-state index contributed by atoms with van der Waals surface area (Å²) in [6.45, 7) is 1.21. The molecule has 0 aromatic carbocycles. The lowest BCUT2D eigenvalue weighted by atomic mass is 10.0. The van der Waals surface area contributed by atoms with Crippen molar-refractivity contribution in [1.82, 2.24) is 49.3 Å². The zero-order valence-electron chi connectivity index (χ0n) is 22.6. The number of halogens is 2. The van der Waals surface area contributed by atoms with Gasteiger partial charge in [-0.15, -0.1) is 5.10 Å². The van der Waals surface area contributed by atoms with Gasteiger partial charge in [-0.05, 0) is 37.5 Å². The van der Waals surface area contributed by atoms with Gasteiger partial charge in [0.1, 0.15) is 16.7 Å². The van der Waals surface area contributed by atoms with Gasteiger partial charge in [0, 0.05) is 39.5 Å². The molecule has 0 radical (unpaired) electrons. The smallest absolute Gasteiger partial charge is 0.388 e. The Morgan fingerprint density at radius 1 is 0.833 bits per heavy atom. The van der Waals surface area contributed by atoms with Crippen LogP contribution in [0.4, 0.5) is 20.3 Å². The van der Waals surface area contributed by atoms with Crippen molar-refractivity contribution in [2.75, 3.05) is 31.7 Å². The number of nitrogens with one attached hydrogen (secondary N) is 1. The molecule has 7 heterocycles. The molecule has 2 fully saturated rings. The fraction of sp³-hybridized carbons (Fsp3) is 0.500. The maximum Gasteiger partial charge on any atom is 0.388 e. The number of nitrogens with zero attached hydrogens (tertiary/aromatic N) is 10. The molecule has 5 aromatic heterocycles. The quantitative estimate of drug-likeness (QED) is 0.274. The molecular weight excluding hydrogens is 552 g/mol. The van der Waals surface area contributed by atoms with Crippen molar-refractivity contribution < 1.29 is 23.0 Å². The maximum atomic E-state index is 13.3. The van der Waals surface area contributed by atoms with Crippen LogP contribution in [0.5, 0.6) is 5.88 Å². The number of aromatic nitrogens is 10. The van der Waals surface area contributed by atoms with E-state index in [1.165, 1.54) is 23.3 Å². The lowest BCUT2D eigenvalue weighted by Crippen LogP contribution is -2.21. The fourth-order valence-corrected chi connectivity index (χ4v) is 5.34. The third-order valence-electron chi connectivity index (χ3n) is 7.60. The monoisotopic (exact) mass is 581 g/mol. The van der Waals surface area contributed by atoms with Crippen LogP contribution in [-0.4, -0.2) is 82.3 Å². The predicted octanol–water partition coefficient (Wildman–Crippen LogP) is 3.35. The molecule has 42 heavy (non-hydrogen) atoms. The van der Waals surface area contributed by atoms with Crippen LogP contribution in [0.25, 0.3) is 28.1 Å². The Hall–Kier alpha value is -4.31. The second kappa shape index (κ2) is 11.5. The minimum absolute atomic E-state index is 0.164. The molecule has 0 spiro atoms. The van der Waals surface area contributed by atoms with Gasteiger partial charge in [-0.25, -0.2) is 34.0 Å². The molecule has 220 valence electrons. The number of anilines is 2. The summed E-state index contributed by atoms with van der Waals surface area (Å²) in [6.07, 6.45) is 11.6. The average Bonchev–Trinajstić information content (AvgIpc) is 3.71. The number of hydrogen-bond donors (Lipinski definition) is 1. The van der Waals surface area contributed by atoms with E-state index >= 15 is 0 Å². The molecule has 14 nitrogen and oxygen atoms in total. The summed E-state index contributed by atoms with van der Waals surface area (Å²) in [4.78, 5) is 18.3. The Balaban J connectivity index is 1.16. The molecule has 5 aromatic rings. The van der Waals surface area contributed by atoms with Crippen LogP contribution in [0, 0.1) is 11.8 Å². The van der Waals surface area contributed by atoms with Gasteiger partial charge in [0.25, 0.3) is 5.88 Å². The highest BCUT2D eigenvalue weighted by atomic mass is 19.3. The molecule has 0 aliphatic carbocycles. The average molecular weight is 582 g/mol. The summed E-state index contributed by atoms with van der Waals surface area (Å²) in [5.74, 6) is 1.17. The van der Waals surface area contributed by atoms with Crippen molar-refractivity contribution in [3.63, 3.8) is 0 Å². The highest BCUT2D eigenvalue weighted by Crippen LogP contribution is 2.29. The molecule has 7 rings (SSSR count). The van der Waals surface area contributed by atoms with E-state index in [-0.39, 0.29) is 11.6 Å². The van der Waals surface area contributed by atoms with Gasteiger partial charge in [-0.1, -0.05) is 0 Å². The third kappa shape index (κ3) is 5.59. The van der Waals surface area contributed by atoms with Crippen molar-refractivity contribution >= 4 is 33.8 Å². The number of hydrogen-bond acceptors (Lipinski definition) is 11. The third-order valence-corrected chi connectivity index (χ3v) is 7.60. The van der Waals surface area contributed by atoms with Crippen LogP contribution in [0.3, 0.4) is 0 Å². The van der Waals surface area contributed by atoms with Crippen LogP contribution in [0.2, 0.25) is 0 Å². The normalized spacial score (nSPS) is 17.0. The van der Waals surface area contributed by atoms with Gasteiger partial charge in [0.15, 0.2) is 22.9 Å². The maximum absolute atomic E-state index is 13.3. The van der Waals surface area contributed by atoms with Crippen molar-refractivity contribution in [2.45, 2.75) is 45.4 Å². The van der Waals surface area contributed by atoms with E-state index in [1.807, 2.05) is 9.36 Å². The van der Waals surface area contributed by atoms with Crippen LogP contribution in [0.15, 0.2) is 31.0 Å². The van der Waals surface area contributed by atoms with Crippen molar-refractivity contribution in [3.05, 3.63) is 31.0 Å². The summed E-state index contributed by atoms with van der Waals surface area (Å²) < 4.78 is 47.3. The predicted molar refractivity (Wildman–Crippen MR) is 145 cm³/mol. The first kappa shape index (κ1) is 26.6. The first-order valence-electron chi connectivity index (χ1n) is 13.9. The Kier molecular flexibility index (Phi) is 7.29. The zero-order chi connectivity index (χ0) is 28.5. The van der Waals surface area contributed by atoms with Crippen LogP contribution in [-0.2, 0) is 22.6 Å². The Morgan fingerprint density at radius 3 is 2.05 bits per heavy atom. The lowest BCUT2D eigenvalue weighted by Gasteiger charge is -2.21. The topological polar surface area (TPSA) is 145 Å². The standard InChI is InChI=1S/C26H29F2N11O3/c27-26(28)42-25-20(33-21-11-29-18-9-31-38(23(18)34-21)13-16-1-5-40-6-2-16)15-37(36-25)22-12-30-19-10-32-39(24(19)35-22)14-17-3-7-41-8-4-17/h9-12,15-17,26H,1-8,13-14H2,(H,33,34). The SMILES string of the molecule is FC(F)Oc1nn(-c2cnc3cnn(CC4CCOCC4)c3n2)cc1Nc1cnc2cnn(CC3CCOCC3)c2n1. The molecule has 2 aliphatic rings. The summed E-state index contributed by atoms with van der Waals surface area (Å²) >= 11 is 0. The van der Waals surface area contributed by atoms with E-state index in [1.54, 1.807) is 12.4 Å². The minimum atomic E-state index is -3.09. The van der Waals surface area contributed by atoms with Crippen LogP contribution >= 0.6 is 0 Å². The molecular formula is C26H29F2N11O3. The highest BCUT2D eigenvalue weighted by molar-refractivity contribution is 5.73. The summed E-state index contributed by atoms with van der Waals surface area (Å²) in [5.41, 5.74) is 2.59. The summed E-state index contributed by atoms with van der Waals surface area (Å²) in [5, 5.41) is 16.2. The first-order valence-corrected chi connectivity index (χ1v) is 13.9. The van der Waals surface area contributed by atoms with Crippen molar-refractivity contribution in [1.29, 1.82) is 0 Å². The van der Waals surface area contributed by atoms with Crippen LogP contribution < -0.4 is 10.1 Å². The highest BCUT2D eigenvalue weighted by Gasteiger charge is 2.21. The Labute approximate surface area is 238 Å². The van der Waals surface area contributed by atoms with E-state index in [2.05, 4.69) is 35.6 Å². The number of fused-ring (bicyclic) bond motifs is 2. The molecule has 1 N–H and O–H groups in total. The van der Waals surface area contributed by atoms with Gasteiger partial charge >= 0.3 is 6.61 Å². The van der Waals surface area contributed by atoms with E-state index in [0.717, 1.165) is 52.1 Å². The molecule has 16 heteroatoms. The lowest BCUT2D eigenvalue weighted by molar-refractivity contribution is -0.0525. The van der Waals surface area contributed by atoms with Crippen molar-refractivity contribution in [2.24, 2.45) is 11.8 Å². The second-order valence-corrected chi connectivity index (χ2v) is 10.5.